The van der Waals surface area contributed by atoms with E-state index < -0.39 is 24.2 Å². The summed E-state index contributed by atoms with van der Waals surface area (Å²) in [5.41, 5.74) is 0. The van der Waals surface area contributed by atoms with Crippen LogP contribution >= 0.6 is 0 Å². The number of carbonyl (C=O) groups is 1. The van der Waals surface area contributed by atoms with Gasteiger partial charge in [0.15, 0.2) is 0 Å². The van der Waals surface area contributed by atoms with E-state index in [-0.39, 0.29) is 6.61 Å². The van der Waals surface area contributed by atoms with E-state index in [1.165, 1.54) is 193 Å². The average Bonchev–Trinajstić information content (AvgIpc) is 3.24. The van der Waals surface area contributed by atoms with Gasteiger partial charge in [0.05, 0.1) is 18.8 Å². The van der Waals surface area contributed by atoms with Crippen LogP contribution in [0.15, 0.2) is 48.6 Å². The van der Waals surface area contributed by atoms with Crippen molar-refractivity contribution in [3.63, 3.8) is 0 Å². The zero-order valence-electron chi connectivity index (χ0n) is 39.4. The molecule has 0 aliphatic heterocycles. The van der Waals surface area contributed by atoms with Crippen molar-refractivity contribution < 1.29 is 20.1 Å². The van der Waals surface area contributed by atoms with Crippen molar-refractivity contribution in [2.24, 2.45) is 0 Å². The van der Waals surface area contributed by atoms with E-state index in [0.717, 1.165) is 51.4 Å². The Morgan fingerprint density at radius 1 is 0.441 bits per heavy atom. The van der Waals surface area contributed by atoms with Gasteiger partial charge >= 0.3 is 0 Å². The summed E-state index contributed by atoms with van der Waals surface area (Å²) in [6.45, 7) is 4.09. The molecule has 0 aromatic carbocycles. The van der Waals surface area contributed by atoms with E-state index in [1.807, 2.05) is 6.08 Å². The lowest BCUT2D eigenvalue weighted by atomic mass is 10.0. The van der Waals surface area contributed by atoms with Crippen LogP contribution in [0.5, 0.6) is 0 Å². The molecule has 0 aliphatic rings. The highest BCUT2D eigenvalue weighted by Crippen LogP contribution is 2.17. The molecule has 59 heavy (non-hydrogen) atoms. The van der Waals surface area contributed by atoms with E-state index in [4.69, 9.17) is 0 Å². The Hall–Kier alpha value is -1.69. The molecular formula is C54H101NO4. The molecule has 0 radical (unpaired) electrons. The summed E-state index contributed by atoms with van der Waals surface area (Å²) in [4.78, 5) is 12.5. The van der Waals surface area contributed by atoms with Gasteiger partial charge in [0.1, 0.15) is 6.10 Å². The first-order valence-electron chi connectivity index (χ1n) is 26.0. The highest BCUT2D eigenvalue weighted by Gasteiger charge is 2.22. The molecule has 0 aromatic rings. The summed E-state index contributed by atoms with van der Waals surface area (Å²) < 4.78 is 0. The lowest BCUT2D eigenvalue weighted by Gasteiger charge is -2.21. The first kappa shape index (κ1) is 57.3. The molecule has 5 nitrogen and oxygen atoms in total. The summed E-state index contributed by atoms with van der Waals surface area (Å²) in [5, 5.41) is 33.3. The van der Waals surface area contributed by atoms with Crippen molar-refractivity contribution in [3.05, 3.63) is 48.6 Å². The number of unbranched alkanes of at least 4 members (excludes halogenated alkanes) is 33. The van der Waals surface area contributed by atoms with Gasteiger partial charge in [0, 0.05) is 0 Å². The fourth-order valence-corrected chi connectivity index (χ4v) is 7.89. The first-order chi connectivity index (χ1) is 29.1. The maximum absolute atomic E-state index is 12.5. The fraction of sp³-hybridized carbons (Fsp3) is 0.833. The van der Waals surface area contributed by atoms with Gasteiger partial charge in [-0.15, -0.1) is 0 Å². The van der Waals surface area contributed by atoms with Gasteiger partial charge in [-0.3, -0.25) is 4.79 Å². The normalized spacial score (nSPS) is 13.8. The number of hydrogen-bond acceptors (Lipinski definition) is 4. The molecule has 0 aromatic heterocycles. The molecular weight excluding hydrogens is 727 g/mol. The SMILES string of the molecule is CC/C=C\C/C=C\CCCCCCCCCCCCCCCC(O)C(=O)NC(CO)C(O)/C=C/CC/C=C/CCCCCCCCCCCCCCCCCCCCC. The van der Waals surface area contributed by atoms with Crippen LogP contribution in [0.1, 0.15) is 264 Å². The topological polar surface area (TPSA) is 89.8 Å². The van der Waals surface area contributed by atoms with Crippen LogP contribution in [0.3, 0.4) is 0 Å². The van der Waals surface area contributed by atoms with E-state index in [1.54, 1.807) is 6.08 Å². The van der Waals surface area contributed by atoms with Crippen LogP contribution in [-0.4, -0.2) is 46.1 Å². The summed E-state index contributed by atoms with van der Waals surface area (Å²) in [6.07, 6.45) is 64.6. The molecule has 346 valence electrons. The van der Waals surface area contributed by atoms with Gasteiger partial charge in [0.25, 0.3) is 0 Å². The minimum atomic E-state index is -1.11. The minimum Gasteiger partial charge on any atom is -0.394 e. The maximum Gasteiger partial charge on any atom is 0.249 e. The second-order valence-electron chi connectivity index (χ2n) is 17.7. The van der Waals surface area contributed by atoms with Crippen molar-refractivity contribution in [2.75, 3.05) is 6.61 Å². The van der Waals surface area contributed by atoms with Crippen molar-refractivity contribution in [1.29, 1.82) is 0 Å². The molecule has 0 saturated carbocycles. The Kier molecular flexibility index (Phi) is 47.6. The van der Waals surface area contributed by atoms with Crippen molar-refractivity contribution in [2.45, 2.75) is 283 Å². The second kappa shape index (κ2) is 49.0. The quantitative estimate of drug-likeness (QED) is 0.0363. The number of aliphatic hydroxyl groups excluding tert-OH is 3. The number of rotatable bonds is 47. The lowest BCUT2D eigenvalue weighted by molar-refractivity contribution is -0.131. The maximum atomic E-state index is 12.5. The standard InChI is InChI=1S/C54H101NO4/c1-3-5-7-9-11-13-15-17-19-21-23-25-26-27-28-29-31-32-34-36-38-40-42-44-46-48-52(57)51(50-56)55-54(59)53(58)49-47-45-43-41-39-37-35-33-30-24-22-20-18-16-14-12-10-8-6-4-2/h6,8,12,14,38,40,46,48,51-53,56-58H,3-5,7,9-11,13,15-37,39,41-45,47,49-50H2,1-2H3,(H,55,59)/b8-6-,14-12-,40-38+,48-46+. The van der Waals surface area contributed by atoms with Crippen LogP contribution in [0.25, 0.3) is 0 Å². The third-order valence-corrected chi connectivity index (χ3v) is 11.9. The third-order valence-electron chi connectivity index (χ3n) is 11.9. The van der Waals surface area contributed by atoms with E-state index in [0.29, 0.717) is 6.42 Å². The van der Waals surface area contributed by atoms with Gasteiger partial charge in [-0.1, -0.05) is 255 Å². The second-order valence-corrected chi connectivity index (χ2v) is 17.7. The summed E-state index contributed by atoms with van der Waals surface area (Å²) in [7, 11) is 0. The number of aliphatic hydroxyl groups is 3. The molecule has 0 spiro atoms. The lowest BCUT2D eigenvalue weighted by Crippen LogP contribution is -2.48. The number of allylic oxidation sites excluding steroid dienone is 7. The highest BCUT2D eigenvalue weighted by atomic mass is 16.3. The minimum absolute atomic E-state index is 0.376. The monoisotopic (exact) mass is 828 g/mol. The van der Waals surface area contributed by atoms with Crippen LogP contribution in [0.4, 0.5) is 0 Å². The molecule has 1 amide bonds. The summed E-state index contributed by atoms with van der Waals surface area (Å²) in [5.74, 6) is -0.512. The van der Waals surface area contributed by atoms with Gasteiger partial charge in [-0.2, -0.15) is 0 Å². The Bertz CT molecular complexity index is 958. The predicted octanol–water partition coefficient (Wildman–Crippen LogP) is 15.7. The molecule has 0 saturated heterocycles. The van der Waals surface area contributed by atoms with Crippen LogP contribution < -0.4 is 5.32 Å². The zero-order chi connectivity index (χ0) is 43.0. The van der Waals surface area contributed by atoms with E-state index in [9.17, 15) is 20.1 Å². The van der Waals surface area contributed by atoms with E-state index in [2.05, 4.69) is 55.6 Å². The molecule has 5 heteroatoms. The highest BCUT2D eigenvalue weighted by molar-refractivity contribution is 5.80. The molecule has 3 atom stereocenters. The molecule has 0 bridgehead atoms. The molecule has 0 rings (SSSR count). The first-order valence-corrected chi connectivity index (χ1v) is 26.0. The van der Waals surface area contributed by atoms with Gasteiger partial charge in [-0.25, -0.2) is 0 Å². The van der Waals surface area contributed by atoms with Crippen LogP contribution in [-0.2, 0) is 4.79 Å². The fourth-order valence-electron chi connectivity index (χ4n) is 7.89. The number of amides is 1. The number of nitrogens with one attached hydrogen (secondary N) is 1. The molecule has 0 heterocycles. The Morgan fingerprint density at radius 3 is 1.22 bits per heavy atom. The zero-order valence-corrected chi connectivity index (χ0v) is 39.4. The smallest absolute Gasteiger partial charge is 0.249 e. The van der Waals surface area contributed by atoms with Gasteiger partial charge < -0.3 is 20.6 Å². The Morgan fingerprint density at radius 2 is 0.797 bits per heavy atom. The molecule has 0 aliphatic carbocycles. The average molecular weight is 828 g/mol. The van der Waals surface area contributed by atoms with Gasteiger partial charge in [-0.05, 0) is 57.8 Å². The molecule has 0 fully saturated rings. The van der Waals surface area contributed by atoms with Crippen molar-refractivity contribution in [1.82, 2.24) is 5.32 Å². The number of hydrogen-bond donors (Lipinski definition) is 4. The number of carbonyl (C=O) groups excluding carboxylic acids is 1. The van der Waals surface area contributed by atoms with Gasteiger partial charge in [0.2, 0.25) is 5.91 Å². The van der Waals surface area contributed by atoms with Crippen LogP contribution in [0.2, 0.25) is 0 Å². The molecule has 3 unspecified atom stereocenters. The molecule has 4 N–H and O–H groups in total. The van der Waals surface area contributed by atoms with Crippen molar-refractivity contribution >= 4 is 5.91 Å². The van der Waals surface area contributed by atoms with Crippen LogP contribution in [0, 0.1) is 0 Å². The summed E-state index contributed by atoms with van der Waals surface area (Å²) in [6, 6.07) is -0.816. The summed E-state index contributed by atoms with van der Waals surface area (Å²) >= 11 is 0. The van der Waals surface area contributed by atoms with Crippen molar-refractivity contribution in [3.8, 4) is 0 Å². The van der Waals surface area contributed by atoms with E-state index >= 15 is 0 Å². The predicted molar refractivity (Wildman–Crippen MR) is 259 cm³/mol. The Labute approximate surface area is 367 Å². The third kappa shape index (κ3) is 44.2. The largest absolute Gasteiger partial charge is 0.394 e. The Balaban J connectivity index is 3.63.